The van der Waals surface area contributed by atoms with Crippen molar-refractivity contribution in [3.63, 3.8) is 0 Å². The van der Waals surface area contributed by atoms with Crippen molar-refractivity contribution in [3.05, 3.63) is 65.6 Å². The van der Waals surface area contributed by atoms with Gasteiger partial charge in [-0.25, -0.2) is 4.39 Å². The molecule has 0 atom stereocenters. The number of nitrogens with zero attached hydrogens (tertiary/aromatic N) is 2. The van der Waals surface area contributed by atoms with Gasteiger partial charge in [-0.2, -0.15) is 5.26 Å². The lowest BCUT2D eigenvalue weighted by molar-refractivity contribution is 0.0563. The van der Waals surface area contributed by atoms with Crippen LogP contribution in [0.4, 0.5) is 4.39 Å². The number of pyridine rings is 1. The summed E-state index contributed by atoms with van der Waals surface area (Å²) in [7, 11) is 0. The number of benzene rings is 2. The van der Waals surface area contributed by atoms with Crippen molar-refractivity contribution in [1.29, 1.82) is 5.26 Å². The molecular weight excluding hydrogens is 381 g/mol. The summed E-state index contributed by atoms with van der Waals surface area (Å²) in [5.74, 6) is -0.691. The van der Waals surface area contributed by atoms with Gasteiger partial charge in [-0.15, -0.1) is 0 Å². The lowest BCUT2D eigenvalue weighted by Gasteiger charge is -2.32. The van der Waals surface area contributed by atoms with Crippen LogP contribution in [0, 0.1) is 17.1 Å². The fourth-order valence-corrected chi connectivity index (χ4v) is 4.16. The van der Waals surface area contributed by atoms with Crippen LogP contribution < -0.4 is 5.32 Å². The highest BCUT2D eigenvalue weighted by Gasteiger charge is 2.44. The molecule has 0 unspecified atom stereocenters. The molecule has 1 amide bonds. The van der Waals surface area contributed by atoms with Gasteiger partial charge in [-0.05, 0) is 55.0 Å². The Bertz CT molecular complexity index is 1190. The number of nitrogens with one attached hydrogen (secondary N) is 1. The Morgan fingerprint density at radius 2 is 1.93 bits per heavy atom. The molecule has 5 rings (SSSR count). The molecule has 0 saturated heterocycles. The van der Waals surface area contributed by atoms with E-state index in [1.165, 1.54) is 18.3 Å². The predicted molar refractivity (Wildman–Crippen MR) is 110 cm³/mol. The number of hydrogen-bond acceptors (Lipinski definition) is 4. The molecule has 30 heavy (non-hydrogen) atoms. The zero-order valence-corrected chi connectivity index (χ0v) is 16.2. The summed E-state index contributed by atoms with van der Waals surface area (Å²) in [6, 6.07) is 14.3. The van der Waals surface area contributed by atoms with E-state index in [0.717, 1.165) is 24.0 Å². The average molecular weight is 401 g/mol. The van der Waals surface area contributed by atoms with Crippen LogP contribution in [0.1, 0.15) is 41.6 Å². The Hall–Kier alpha value is -3.30. The van der Waals surface area contributed by atoms with Crippen LogP contribution in [0.15, 0.2) is 48.7 Å². The maximum absolute atomic E-state index is 14.1. The summed E-state index contributed by atoms with van der Waals surface area (Å²) in [6.07, 6.45) is 3.91. The van der Waals surface area contributed by atoms with Gasteiger partial charge < -0.3 is 10.4 Å². The van der Waals surface area contributed by atoms with E-state index in [1.807, 2.05) is 24.3 Å². The number of aliphatic hydroxyl groups excluding tert-OH is 1. The minimum atomic E-state index is -0.400. The van der Waals surface area contributed by atoms with E-state index in [9.17, 15) is 19.6 Å². The van der Waals surface area contributed by atoms with E-state index in [-0.39, 0.29) is 18.1 Å². The summed E-state index contributed by atoms with van der Waals surface area (Å²) in [4.78, 5) is 17.3. The van der Waals surface area contributed by atoms with Crippen molar-refractivity contribution in [2.24, 2.45) is 0 Å². The number of carbonyl (C=O) groups excluding carboxylic acids is 1. The first-order chi connectivity index (χ1) is 14.5. The number of aromatic nitrogens is 1. The van der Waals surface area contributed by atoms with Crippen LogP contribution in [0.2, 0.25) is 0 Å². The van der Waals surface area contributed by atoms with Crippen LogP contribution in [0.5, 0.6) is 0 Å². The van der Waals surface area contributed by atoms with E-state index < -0.39 is 11.2 Å². The third kappa shape index (κ3) is 3.12. The van der Waals surface area contributed by atoms with E-state index in [4.69, 9.17) is 0 Å². The predicted octanol–water partition coefficient (Wildman–Crippen LogP) is 3.85. The monoisotopic (exact) mass is 401 g/mol. The molecule has 1 heterocycles. The first-order valence-corrected chi connectivity index (χ1v) is 10.1. The quantitative estimate of drug-likeness (QED) is 0.695. The zero-order valence-electron chi connectivity index (χ0n) is 16.2. The number of carbonyl (C=O) groups is 1. The summed E-state index contributed by atoms with van der Waals surface area (Å²) < 4.78 is 14.1. The molecule has 0 bridgehead atoms. The Morgan fingerprint density at radius 3 is 2.57 bits per heavy atom. The maximum Gasteiger partial charge on any atom is 0.253 e. The van der Waals surface area contributed by atoms with Crippen molar-refractivity contribution in [1.82, 2.24) is 10.3 Å². The van der Waals surface area contributed by atoms with Gasteiger partial charge in [0.05, 0.1) is 28.7 Å². The van der Waals surface area contributed by atoms with Crippen LogP contribution in [0.25, 0.3) is 22.0 Å². The Balaban J connectivity index is 1.60. The fourth-order valence-electron chi connectivity index (χ4n) is 4.16. The Kier molecular flexibility index (Phi) is 4.30. The second kappa shape index (κ2) is 6.89. The van der Waals surface area contributed by atoms with Crippen LogP contribution in [0.3, 0.4) is 0 Å². The second-order valence-electron chi connectivity index (χ2n) is 8.28. The van der Waals surface area contributed by atoms with Gasteiger partial charge in [-0.1, -0.05) is 24.3 Å². The van der Waals surface area contributed by atoms with Crippen molar-refractivity contribution in [2.75, 3.05) is 0 Å². The van der Waals surface area contributed by atoms with E-state index in [2.05, 4.69) is 16.4 Å². The number of nitriles is 1. The Labute approximate surface area is 173 Å². The maximum atomic E-state index is 14.1. The number of aliphatic hydroxyl groups is 1. The zero-order chi connectivity index (χ0) is 20.9. The lowest BCUT2D eigenvalue weighted by atomic mass is 9.88. The normalized spacial score (nSPS) is 21.5. The SMILES string of the molecule is N#CC1(c2ccc(-c3c(C(=O)N[C@H]4C[C@H](O)C4)cnc4ccc(F)cc34)cc2)CC1. The van der Waals surface area contributed by atoms with Crippen LogP contribution in [-0.4, -0.2) is 28.1 Å². The van der Waals surface area contributed by atoms with E-state index >= 15 is 0 Å². The largest absolute Gasteiger partial charge is 0.393 e. The van der Waals surface area contributed by atoms with Gasteiger partial charge in [0.15, 0.2) is 0 Å². The average Bonchev–Trinajstić information content (AvgIpc) is 3.53. The second-order valence-corrected chi connectivity index (χ2v) is 8.28. The molecule has 6 heteroatoms. The highest BCUT2D eigenvalue weighted by molar-refractivity contribution is 6.08. The van der Waals surface area contributed by atoms with Gasteiger partial charge >= 0.3 is 0 Å². The number of hydrogen-bond donors (Lipinski definition) is 2. The van der Waals surface area contributed by atoms with E-state index in [1.54, 1.807) is 6.07 Å². The highest BCUT2D eigenvalue weighted by Crippen LogP contribution is 2.48. The number of amides is 1. The summed E-state index contributed by atoms with van der Waals surface area (Å²) in [5.41, 5.74) is 2.92. The molecule has 150 valence electrons. The molecule has 5 nitrogen and oxygen atoms in total. The molecule has 0 radical (unpaired) electrons. The molecule has 0 spiro atoms. The van der Waals surface area contributed by atoms with E-state index in [0.29, 0.717) is 34.9 Å². The summed E-state index contributed by atoms with van der Waals surface area (Å²) >= 11 is 0. The van der Waals surface area contributed by atoms with Crippen LogP contribution >= 0.6 is 0 Å². The first-order valence-electron chi connectivity index (χ1n) is 10.1. The van der Waals surface area contributed by atoms with Gasteiger partial charge in [0.1, 0.15) is 5.82 Å². The van der Waals surface area contributed by atoms with Crippen molar-refractivity contribution < 1.29 is 14.3 Å². The molecule has 2 N–H and O–H groups in total. The number of rotatable bonds is 4. The molecule has 1 aromatic heterocycles. The molecule has 3 aromatic rings. The molecule has 2 aromatic carbocycles. The third-order valence-electron chi connectivity index (χ3n) is 6.21. The number of halogens is 1. The smallest absolute Gasteiger partial charge is 0.253 e. The van der Waals surface area contributed by atoms with Gasteiger partial charge in [-0.3, -0.25) is 9.78 Å². The molecule has 2 fully saturated rings. The molecule has 2 aliphatic carbocycles. The van der Waals surface area contributed by atoms with Gasteiger partial charge in [0.25, 0.3) is 5.91 Å². The fraction of sp³-hybridized carbons (Fsp3) is 0.292. The van der Waals surface area contributed by atoms with Gasteiger partial charge in [0.2, 0.25) is 0 Å². The summed E-state index contributed by atoms with van der Waals surface area (Å²) in [5, 5.41) is 22.4. The van der Waals surface area contributed by atoms with Crippen molar-refractivity contribution >= 4 is 16.8 Å². The van der Waals surface area contributed by atoms with Crippen LogP contribution in [-0.2, 0) is 5.41 Å². The Morgan fingerprint density at radius 1 is 1.20 bits per heavy atom. The minimum absolute atomic E-state index is 0.0729. The molecule has 0 aliphatic heterocycles. The third-order valence-corrected chi connectivity index (χ3v) is 6.21. The minimum Gasteiger partial charge on any atom is -0.393 e. The molecule has 2 aliphatic rings. The van der Waals surface area contributed by atoms with Crippen molar-refractivity contribution in [2.45, 2.75) is 43.2 Å². The standard InChI is InChI=1S/C24H20FN3O2/c25-16-5-6-21-19(9-16)22(14-1-3-15(4-2-14)24(13-26)7-8-24)20(12-27-21)23(30)28-17-10-18(29)11-17/h1-6,9,12,17-18,29H,7-8,10-11H2,(H,28,30)/t17-,18-. The van der Waals surface area contributed by atoms with Gasteiger partial charge in [0, 0.05) is 23.2 Å². The summed E-state index contributed by atoms with van der Waals surface area (Å²) in [6.45, 7) is 0. The topological polar surface area (TPSA) is 86.0 Å². The number of fused-ring (bicyclic) bond motifs is 1. The first kappa shape index (κ1) is 18.7. The highest BCUT2D eigenvalue weighted by atomic mass is 19.1. The lowest BCUT2D eigenvalue weighted by Crippen LogP contribution is -2.46. The molecular formula is C24H20FN3O2. The molecule has 2 saturated carbocycles. The van der Waals surface area contributed by atoms with Crippen molar-refractivity contribution in [3.8, 4) is 17.2 Å².